The number of halogens is 1. The lowest BCUT2D eigenvalue weighted by atomic mass is 10.2. The van der Waals surface area contributed by atoms with Crippen LogP contribution in [0.25, 0.3) is 0 Å². The van der Waals surface area contributed by atoms with E-state index in [-0.39, 0.29) is 17.2 Å². The van der Waals surface area contributed by atoms with Gasteiger partial charge in [0.1, 0.15) is 5.56 Å². The molecular formula is C17H17ClN4O2S. The third-order valence-electron chi connectivity index (χ3n) is 3.35. The van der Waals surface area contributed by atoms with Crippen LogP contribution in [0.15, 0.2) is 60.0 Å². The van der Waals surface area contributed by atoms with Crippen molar-refractivity contribution < 1.29 is 4.79 Å². The van der Waals surface area contributed by atoms with Gasteiger partial charge in [0.2, 0.25) is 0 Å². The summed E-state index contributed by atoms with van der Waals surface area (Å²) in [5.41, 5.74) is 8.49. The molecule has 8 heteroatoms. The van der Waals surface area contributed by atoms with Gasteiger partial charge in [0.05, 0.1) is 13.1 Å². The fourth-order valence-electron chi connectivity index (χ4n) is 2.12. The molecule has 3 N–H and O–H groups in total. The molecule has 0 radical (unpaired) electrons. The molecule has 0 saturated heterocycles. The van der Waals surface area contributed by atoms with E-state index in [4.69, 9.17) is 29.6 Å². The van der Waals surface area contributed by atoms with E-state index in [1.807, 2.05) is 12.1 Å². The molecule has 0 unspecified atom stereocenters. The summed E-state index contributed by atoms with van der Waals surface area (Å²) in [6.45, 7) is 4.12. The predicted molar refractivity (Wildman–Crippen MR) is 102 cm³/mol. The van der Waals surface area contributed by atoms with E-state index in [9.17, 15) is 9.59 Å². The van der Waals surface area contributed by atoms with Gasteiger partial charge in [-0.2, -0.15) is 0 Å². The third-order valence-corrected chi connectivity index (χ3v) is 3.82. The SMILES string of the molecule is C=CCN(NC(=O)c1cccn(Cc2ccc(Cl)cc2)c1=O)C(N)=S. The van der Waals surface area contributed by atoms with Gasteiger partial charge < -0.3 is 10.3 Å². The van der Waals surface area contributed by atoms with Crippen LogP contribution in [0.5, 0.6) is 0 Å². The molecule has 0 aliphatic carbocycles. The summed E-state index contributed by atoms with van der Waals surface area (Å²) in [5, 5.41) is 1.83. The van der Waals surface area contributed by atoms with Gasteiger partial charge in [-0.1, -0.05) is 29.8 Å². The number of benzene rings is 1. The van der Waals surface area contributed by atoms with Crippen molar-refractivity contribution in [3.05, 3.63) is 81.8 Å². The lowest BCUT2D eigenvalue weighted by molar-refractivity contribution is 0.0876. The Morgan fingerprint density at radius 2 is 2.04 bits per heavy atom. The van der Waals surface area contributed by atoms with Crippen LogP contribution in [0, 0.1) is 0 Å². The summed E-state index contributed by atoms with van der Waals surface area (Å²) in [4.78, 5) is 24.9. The van der Waals surface area contributed by atoms with Crippen molar-refractivity contribution in [2.45, 2.75) is 6.54 Å². The first-order valence-corrected chi connectivity index (χ1v) is 8.13. The van der Waals surface area contributed by atoms with Gasteiger partial charge in [-0.05, 0) is 42.0 Å². The van der Waals surface area contributed by atoms with Crippen molar-refractivity contribution in [3.63, 3.8) is 0 Å². The number of amides is 1. The van der Waals surface area contributed by atoms with Crippen LogP contribution in [0.4, 0.5) is 0 Å². The number of nitrogens with one attached hydrogen (secondary N) is 1. The van der Waals surface area contributed by atoms with Crippen LogP contribution in [0.2, 0.25) is 5.02 Å². The molecule has 0 atom stereocenters. The zero-order valence-electron chi connectivity index (χ0n) is 13.3. The van der Waals surface area contributed by atoms with Crippen LogP contribution in [-0.2, 0) is 6.54 Å². The second-order valence-electron chi connectivity index (χ2n) is 5.16. The zero-order chi connectivity index (χ0) is 18.4. The molecule has 2 aromatic rings. The van der Waals surface area contributed by atoms with Crippen LogP contribution >= 0.6 is 23.8 Å². The summed E-state index contributed by atoms with van der Waals surface area (Å²) in [7, 11) is 0. The number of hydrogen-bond acceptors (Lipinski definition) is 3. The van der Waals surface area contributed by atoms with Crippen LogP contribution in [0.1, 0.15) is 15.9 Å². The Hall–Kier alpha value is -2.64. The molecule has 0 fully saturated rings. The number of pyridine rings is 1. The largest absolute Gasteiger partial charge is 0.375 e. The van der Waals surface area contributed by atoms with E-state index >= 15 is 0 Å². The highest BCUT2D eigenvalue weighted by Gasteiger charge is 2.15. The van der Waals surface area contributed by atoms with Crippen molar-refractivity contribution in [2.75, 3.05) is 6.54 Å². The monoisotopic (exact) mass is 376 g/mol. The molecule has 1 aromatic heterocycles. The van der Waals surface area contributed by atoms with Gasteiger partial charge in [0, 0.05) is 11.2 Å². The van der Waals surface area contributed by atoms with Crippen molar-refractivity contribution >= 4 is 34.8 Å². The van der Waals surface area contributed by atoms with Crippen molar-refractivity contribution in [3.8, 4) is 0 Å². The zero-order valence-corrected chi connectivity index (χ0v) is 14.9. The number of aromatic nitrogens is 1. The summed E-state index contributed by atoms with van der Waals surface area (Å²) in [5.74, 6) is -0.592. The van der Waals surface area contributed by atoms with Gasteiger partial charge in [0.15, 0.2) is 5.11 Å². The second kappa shape index (κ2) is 8.46. The minimum Gasteiger partial charge on any atom is -0.375 e. The topological polar surface area (TPSA) is 80.4 Å². The maximum absolute atomic E-state index is 12.6. The number of hydrazine groups is 1. The molecule has 0 aliphatic rings. The minimum atomic E-state index is -0.592. The highest BCUT2D eigenvalue weighted by molar-refractivity contribution is 7.80. The lowest BCUT2D eigenvalue weighted by Gasteiger charge is -2.21. The van der Waals surface area contributed by atoms with Crippen molar-refractivity contribution in [2.24, 2.45) is 5.73 Å². The van der Waals surface area contributed by atoms with E-state index in [0.717, 1.165) is 5.56 Å². The molecular weight excluding hydrogens is 360 g/mol. The number of thiocarbonyl (C=S) groups is 1. The molecule has 1 aromatic carbocycles. The minimum absolute atomic E-state index is 0.0122. The maximum atomic E-state index is 12.6. The molecule has 25 heavy (non-hydrogen) atoms. The Balaban J connectivity index is 2.23. The molecule has 0 aliphatic heterocycles. The molecule has 1 amide bonds. The normalized spacial score (nSPS) is 10.1. The number of hydrogen-bond donors (Lipinski definition) is 2. The van der Waals surface area contributed by atoms with Gasteiger partial charge in [-0.15, -0.1) is 6.58 Å². The fourth-order valence-corrected chi connectivity index (χ4v) is 2.37. The van der Waals surface area contributed by atoms with Crippen molar-refractivity contribution in [1.29, 1.82) is 0 Å². The Bertz CT molecular complexity index is 848. The summed E-state index contributed by atoms with van der Waals surface area (Å²) < 4.78 is 1.44. The number of nitrogens with two attached hydrogens (primary N) is 1. The average molecular weight is 377 g/mol. The first kappa shape index (κ1) is 18.7. The van der Waals surface area contributed by atoms with Gasteiger partial charge in [-0.25, -0.2) is 0 Å². The predicted octanol–water partition coefficient (Wildman–Crippen LogP) is 1.93. The maximum Gasteiger partial charge on any atom is 0.275 e. The van der Waals surface area contributed by atoms with Crippen molar-refractivity contribution in [1.82, 2.24) is 15.0 Å². The highest BCUT2D eigenvalue weighted by Crippen LogP contribution is 2.10. The smallest absolute Gasteiger partial charge is 0.275 e. The molecule has 1 heterocycles. The van der Waals surface area contributed by atoms with E-state index in [1.165, 1.54) is 21.7 Å². The van der Waals surface area contributed by atoms with E-state index in [2.05, 4.69) is 12.0 Å². The second-order valence-corrected chi connectivity index (χ2v) is 6.01. The highest BCUT2D eigenvalue weighted by atomic mass is 35.5. The quantitative estimate of drug-likeness (QED) is 0.473. The van der Waals surface area contributed by atoms with Crippen LogP contribution < -0.4 is 16.7 Å². The first-order chi connectivity index (χ1) is 11.9. The Labute approximate surface area is 155 Å². The number of rotatable bonds is 5. The Morgan fingerprint density at radius 3 is 2.64 bits per heavy atom. The molecule has 0 bridgehead atoms. The van der Waals surface area contributed by atoms with Gasteiger partial charge in [-0.3, -0.25) is 20.0 Å². The molecule has 130 valence electrons. The summed E-state index contributed by atoms with van der Waals surface area (Å²) in [6, 6.07) is 10.2. The van der Waals surface area contributed by atoms with E-state index < -0.39 is 11.5 Å². The molecule has 0 spiro atoms. The van der Waals surface area contributed by atoms with E-state index in [0.29, 0.717) is 11.6 Å². The van der Waals surface area contributed by atoms with E-state index in [1.54, 1.807) is 24.4 Å². The Morgan fingerprint density at radius 1 is 1.36 bits per heavy atom. The van der Waals surface area contributed by atoms with Gasteiger partial charge in [0.25, 0.3) is 11.5 Å². The molecule has 6 nitrogen and oxygen atoms in total. The Kier molecular flexibility index (Phi) is 6.32. The summed E-state index contributed by atoms with van der Waals surface area (Å²) >= 11 is 10.7. The first-order valence-electron chi connectivity index (χ1n) is 7.35. The number of carbonyl (C=O) groups is 1. The average Bonchev–Trinajstić information content (AvgIpc) is 2.58. The standard InChI is InChI=1S/C17H17ClN4O2S/c1-2-9-22(17(19)25)20-15(23)14-4-3-10-21(16(14)24)11-12-5-7-13(18)8-6-12/h2-8,10H,1,9,11H2,(H2,19,25)(H,20,23). The molecule has 2 rings (SSSR count). The summed E-state index contributed by atoms with van der Waals surface area (Å²) in [6.07, 6.45) is 3.14. The number of nitrogens with zero attached hydrogens (tertiary/aromatic N) is 2. The fraction of sp³-hybridized carbons (Fsp3) is 0.118. The van der Waals surface area contributed by atoms with Crippen LogP contribution in [-0.4, -0.2) is 27.1 Å². The van der Waals surface area contributed by atoms with Crippen LogP contribution in [0.3, 0.4) is 0 Å². The molecule has 0 saturated carbocycles. The lowest BCUT2D eigenvalue weighted by Crippen LogP contribution is -2.49. The van der Waals surface area contributed by atoms with Gasteiger partial charge >= 0.3 is 0 Å². The third kappa shape index (κ3) is 4.91. The number of carbonyl (C=O) groups excluding carboxylic acids is 1.